The number of carbonyl (C=O) groups is 1. The van der Waals surface area contributed by atoms with Gasteiger partial charge in [-0.1, -0.05) is 12.1 Å². The Morgan fingerprint density at radius 3 is 2.46 bits per heavy atom. The number of amides is 1. The van der Waals surface area contributed by atoms with Crippen LogP contribution in [-0.4, -0.2) is 45.0 Å². The fourth-order valence-electron chi connectivity index (χ4n) is 3.16. The second-order valence-corrected chi connectivity index (χ2v) is 8.15. The number of piperidine rings is 1. The van der Waals surface area contributed by atoms with Crippen LogP contribution in [0.4, 0.5) is 0 Å². The van der Waals surface area contributed by atoms with Crippen molar-refractivity contribution in [1.29, 1.82) is 0 Å². The molecule has 1 saturated heterocycles. The van der Waals surface area contributed by atoms with Crippen LogP contribution in [0.2, 0.25) is 0 Å². The highest BCUT2D eigenvalue weighted by molar-refractivity contribution is 7.89. The highest BCUT2D eigenvalue weighted by Crippen LogP contribution is 2.24. The molecule has 8 heteroatoms. The van der Waals surface area contributed by atoms with E-state index in [9.17, 15) is 13.2 Å². The highest BCUT2D eigenvalue weighted by Gasteiger charge is 2.25. The molecular weight excluding hydrogens is 380 g/mol. The van der Waals surface area contributed by atoms with Crippen LogP contribution in [-0.2, 0) is 10.0 Å². The second kappa shape index (κ2) is 8.62. The van der Waals surface area contributed by atoms with Crippen LogP contribution in [0.25, 0.3) is 0 Å². The van der Waals surface area contributed by atoms with Gasteiger partial charge in [-0.3, -0.25) is 4.79 Å². The molecule has 0 radical (unpaired) electrons. The van der Waals surface area contributed by atoms with Crippen LogP contribution >= 0.6 is 0 Å². The van der Waals surface area contributed by atoms with Gasteiger partial charge in [-0.05, 0) is 37.3 Å². The van der Waals surface area contributed by atoms with Gasteiger partial charge in [0.05, 0.1) is 11.5 Å². The molecule has 1 heterocycles. The van der Waals surface area contributed by atoms with E-state index in [1.165, 1.54) is 18.2 Å². The maximum absolute atomic E-state index is 12.7. The summed E-state index contributed by atoms with van der Waals surface area (Å²) in [6.45, 7) is 3.60. The summed E-state index contributed by atoms with van der Waals surface area (Å²) >= 11 is 0. The van der Waals surface area contributed by atoms with Crippen molar-refractivity contribution in [2.45, 2.75) is 30.8 Å². The van der Waals surface area contributed by atoms with E-state index in [1.54, 1.807) is 11.0 Å². The van der Waals surface area contributed by atoms with Gasteiger partial charge >= 0.3 is 0 Å². The minimum Gasteiger partial charge on any atom is -0.494 e. The number of nitrogens with zero attached hydrogens (tertiary/aromatic N) is 1. The maximum Gasteiger partial charge on any atom is 0.253 e. The van der Waals surface area contributed by atoms with Gasteiger partial charge in [-0.25, -0.2) is 13.6 Å². The molecule has 1 fully saturated rings. The number of hydrogen-bond donors (Lipinski definition) is 1. The molecule has 1 amide bonds. The van der Waals surface area contributed by atoms with Gasteiger partial charge in [0.1, 0.15) is 17.6 Å². The lowest BCUT2D eigenvalue weighted by molar-refractivity contribution is 0.0595. The Balaban J connectivity index is 1.59. The van der Waals surface area contributed by atoms with Crippen molar-refractivity contribution >= 4 is 15.9 Å². The van der Waals surface area contributed by atoms with E-state index in [4.69, 9.17) is 14.6 Å². The van der Waals surface area contributed by atoms with Crippen molar-refractivity contribution < 1.29 is 22.7 Å². The number of likely N-dealkylation sites (tertiary alicyclic amines) is 1. The van der Waals surface area contributed by atoms with Crippen LogP contribution in [0.3, 0.4) is 0 Å². The zero-order chi connectivity index (χ0) is 20.1. The molecule has 1 aliphatic rings. The van der Waals surface area contributed by atoms with Gasteiger partial charge in [0, 0.05) is 37.6 Å². The second-order valence-electron chi connectivity index (χ2n) is 6.59. The van der Waals surface area contributed by atoms with E-state index in [0.717, 1.165) is 11.5 Å². The molecule has 2 N–H and O–H groups in total. The predicted molar refractivity (Wildman–Crippen MR) is 105 cm³/mol. The number of rotatable bonds is 6. The van der Waals surface area contributed by atoms with Crippen molar-refractivity contribution in [3.63, 3.8) is 0 Å². The van der Waals surface area contributed by atoms with Crippen LogP contribution in [0, 0.1) is 0 Å². The number of benzene rings is 2. The first-order chi connectivity index (χ1) is 13.4. The Morgan fingerprint density at radius 1 is 1.11 bits per heavy atom. The van der Waals surface area contributed by atoms with Gasteiger partial charge in [0.25, 0.3) is 5.91 Å². The zero-order valence-corrected chi connectivity index (χ0v) is 16.5. The Kier molecular flexibility index (Phi) is 6.21. The number of sulfonamides is 1. The largest absolute Gasteiger partial charge is 0.494 e. The van der Waals surface area contributed by atoms with Crippen LogP contribution in [0.1, 0.15) is 30.1 Å². The molecule has 0 bridgehead atoms. The van der Waals surface area contributed by atoms with E-state index >= 15 is 0 Å². The predicted octanol–water partition coefficient (Wildman–Crippen LogP) is 2.42. The van der Waals surface area contributed by atoms with Crippen molar-refractivity contribution in [3.05, 3.63) is 54.1 Å². The molecule has 7 nitrogen and oxygen atoms in total. The van der Waals surface area contributed by atoms with Crippen LogP contribution in [0.5, 0.6) is 11.5 Å². The van der Waals surface area contributed by atoms with Gasteiger partial charge in [-0.2, -0.15) is 0 Å². The van der Waals surface area contributed by atoms with Crippen molar-refractivity contribution in [2.24, 2.45) is 5.14 Å². The molecule has 1 aliphatic heterocycles. The molecule has 150 valence electrons. The van der Waals surface area contributed by atoms with Crippen molar-refractivity contribution in [1.82, 2.24) is 4.90 Å². The lowest BCUT2D eigenvalue weighted by atomic mass is 10.1. The first-order valence-electron chi connectivity index (χ1n) is 9.18. The smallest absolute Gasteiger partial charge is 0.253 e. The quantitative estimate of drug-likeness (QED) is 0.797. The van der Waals surface area contributed by atoms with Crippen LogP contribution in [0.15, 0.2) is 53.4 Å². The third-order valence-corrected chi connectivity index (χ3v) is 5.47. The van der Waals surface area contributed by atoms with E-state index in [-0.39, 0.29) is 16.9 Å². The molecule has 2 aromatic carbocycles. The Morgan fingerprint density at radius 2 is 1.79 bits per heavy atom. The number of nitrogens with two attached hydrogens (primary N) is 1. The molecule has 0 spiro atoms. The first-order valence-corrected chi connectivity index (χ1v) is 10.7. The molecule has 0 aliphatic carbocycles. The van der Waals surface area contributed by atoms with Gasteiger partial charge in [-0.15, -0.1) is 0 Å². The fraction of sp³-hybridized carbons (Fsp3) is 0.350. The monoisotopic (exact) mass is 404 g/mol. The van der Waals surface area contributed by atoms with E-state index in [1.807, 2.05) is 31.2 Å². The normalized spacial score (nSPS) is 15.3. The molecular formula is C20H24N2O5S. The number of primary sulfonamides is 1. The summed E-state index contributed by atoms with van der Waals surface area (Å²) in [7, 11) is -3.84. The average Bonchev–Trinajstić information content (AvgIpc) is 2.68. The first kappa shape index (κ1) is 20.2. The summed E-state index contributed by atoms with van der Waals surface area (Å²) in [6.07, 6.45) is 1.40. The third-order valence-electron chi connectivity index (χ3n) is 4.56. The van der Waals surface area contributed by atoms with E-state index < -0.39 is 10.0 Å². The Labute approximate surface area is 165 Å². The van der Waals surface area contributed by atoms with Crippen LogP contribution < -0.4 is 14.6 Å². The zero-order valence-electron chi connectivity index (χ0n) is 15.7. The van der Waals surface area contributed by atoms with Crippen molar-refractivity contribution in [2.75, 3.05) is 19.7 Å². The molecule has 28 heavy (non-hydrogen) atoms. The lowest BCUT2D eigenvalue weighted by Crippen LogP contribution is -2.41. The Hall–Kier alpha value is -2.58. The number of hydrogen-bond acceptors (Lipinski definition) is 5. The minimum absolute atomic E-state index is 0.0108. The molecule has 2 aromatic rings. The summed E-state index contributed by atoms with van der Waals surface area (Å²) < 4.78 is 34.5. The standard InChI is InChI=1S/C20H24N2O5S/c1-2-26-17-6-4-7-18(14-17)27-16-9-11-22(12-10-16)20(23)15-5-3-8-19(13-15)28(21,24)25/h3-8,13-14,16H,2,9-12H2,1H3,(H2,21,24,25). The summed E-state index contributed by atoms with van der Waals surface area (Å²) in [5.74, 6) is 1.31. The SMILES string of the molecule is CCOc1cccc(OC2CCN(C(=O)c3cccc(S(N)(=O)=O)c3)CC2)c1. The third kappa shape index (κ3) is 5.02. The highest BCUT2D eigenvalue weighted by atomic mass is 32.2. The van der Waals surface area contributed by atoms with E-state index in [2.05, 4.69) is 0 Å². The molecule has 0 saturated carbocycles. The topological polar surface area (TPSA) is 98.9 Å². The van der Waals surface area contributed by atoms with Gasteiger partial charge in [0.15, 0.2) is 0 Å². The number of ether oxygens (including phenoxy) is 2. The van der Waals surface area contributed by atoms with Gasteiger partial charge in [0.2, 0.25) is 10.0 Å². The average molecular weight is 404 g/mol. The molecule has 0 aromatic heterocycles. The fourth-order valence-corrected chi connectivity index (χ4v) is 3.72. The molecule has 3 rings (SSSR count). The summed E-state index contributed by atoms with van der Waals surface area (Å²) in [6, 6.07) is 13.3. The van der Waals surface area contributed by atoms with E-state index in [0.29, 0.717) is 38.1 Å². The summed E-state index contributed by atoms with van der Waals surface area (Å²) in [5.41, 5.74) is 0.315. The molecule has 0 unspecified atom stereocenters. The molecule has 0 atom stereocenters. The van der Waals surface area contributed by atoms with Gasteiger partial charge < -0.3 is 14.4 Å². The summed E-state index contributed by atoms with van der Waals surface area (Å²) in [5, 5.41) is 5.15. The number of carbonyl (C=O) groups excluding carboxylic acids is 1. The minimum atomic E-state index is -3.84. The maximum atomic E-state index is 12.7. The lowest BCUT2D eigenvalue weighted by Gasteiger charge is -2.32. The van der Waals surface area contributed by atoms with Crippen molar-refractivity contribution in [3.8, 4) is 11.5 Å². The Bertz CT molecular complexity index is 937. The summed E-state index contributed by atoms with van der Waals surface area (Å²) in [4.78, 5) is 14.3.